The predicted octanol–water partition coefficient (Wildman–Crippen LogP) is 3.69. The van der Waals surface area contributed by atoms with Gasteiger partial charge in [-0.05, 0) is 18.2 Å². The second kappa shape index (κ2) is 5.61. The van der Waals surface area contributed by atoms with E-state index in [9.17, 15) is 22.7 Å². The van der Waals surface area contributed by atoms with E-state index < -0.39 is 23.2 Å². The fourth-order valence-electron chi connectivity index (χ4n) is 2.35. The van der Waals surface area contributed by atoms with Gasteiger partial charge in [0.15, 0.2) is 0 Å². The fraction of sp³-hybridized carbons (Fsp3) is 0.250. The molecule has 2 nitrogen and oxygen atoms in total. The van der Waals surface area contributed by atoms with Gasteiger partial charge in [0.05, 0.1) is 0 Å². The number of hydrogen-bond donors (Lipinski definition) is 1. The number of para-hydroxylation sites is 1. The SMILES string of the molecule is CN(C)c1ccccc1C(O)(c1cccc(F)c1)C(F)(F)F. The van der Waals surface area contributed by atoms with Crippen LogP contribution in [-0.2, 0) is 5.60 Å². The highest BCUT2D eigenvalue weighted by molar-refractivity contribution is 5.58. The quantitative estimate of drug-likeness (QED) is 0.874. The molecule has 2 rings (SSSR count). The summed E-state index contributed by atoms with van der Waals surface area (Å²) >= 11 is 0. The third kappa shape index (κ3) is 2.66. The normalized spacial score (nSPS) is 14.5. The molecule has 0 spiro atoms. The second-order valence-electron chi connectivity index (χ2n) is 5.13. The summed E-state index contributed by atoms with van der Waals surface area (Å²) in [6.45, 7) is 0. The van der Waals surface area contributed by atoms with Crippen LogP contribution in [0.15, 0.2) is 48.5 Å². The number of rotatable bonds is 3. The molecular formula is C16H15F4NO. The molecule has 0 amide bonds. The van der Waals surface area contributed by atoms with Gasteiger partial charge in [-0.25, -0.2) is 4.39 Å². The molecular weight excluding hydrogens is 298 g/mol. The summed E-state index contributed by atoms with van der Waals surface area (Å²) in [5.74, 6) is -0.845. The highest BCUT2D eigenvalue weighted by atomic mass is 19.4. The first-order chi connectivity index (χ1) is 10.2. The molecule has 0 saturated carbocycles. The molecule has 0 bridgehead atoms. The van der Waals surface area contributed by atoms with Gasteiger partial charge >= 0.3 is 6.18 Å². The molecule has 1 atom stereocenters. The number of anilines is 1. The smallest absolute Gasteiger partial charge is 0.377 e. The van der Waals surface area contributed by atoms with Crippen molar-refractivity contribution in [2.24, 2.45) is 0 Å². The summed E-state index contributed by atoms with van der Waals surface area (Å²) in [5.41, 5.74) is -4.00. The van der Waals surface area contributed by atoms with Crippen LogP contribution in [0.25, 0.3) is 0 Å². The van der Waals surface area contributed by atoms with Crippen LogP contribution in [0.4, 0.5) is 23.2 Å². The number of hydrogen-bond acceptors (Lipinski definition) is 2. The lowest BCUT2D eigenvalue weighted by Gasteiger charge is -2.34. The molecule has 0 fully saturated rings. The van der Waals surface area contributed by atoms with Crippen molar-refractivity contribution >= 4 is 5.69 Å². The van der Waals surface area contributed by atoms with Crippen LogP contribution < -0.4 is 4.90 Å². The van der Waals surface area contributed by atoms with Crippen molar-refractivity contribution in [3.05, 3.63) is 65.5 Å². The topological polar surface area (TPSA) is 23.5 Å². The standard InChI is InChI=1S/C16H15F4NO/c1-21(2)14-9-4-3-8-13(14)15(22,16(18,19)20)11-6-5-7-12(17)10-11/h3-10,22H,1-2H3. The van der Waals surface area contributed by atoms with Crippen molar-refractivity contribution in [3.8, 4) is 0 Å². The molecule has 0 saturated heterocycles. The molecule has 22 heavy (non-hydrogen) atoms. The van der Waals surface area contributed by atoms with Gasteiger partial charge in [-0.3, -0.25) is 0 Å². The summed E-state index contributed by atoms with van der Waals surface area (Å²) in [6, 6.07) is 9.54. The molecule has 0 radical (unpaired) electrons. The van der Waals surface area contributed by atoms with Crippen molar-refractivity contribution < 1.29 is 22.7 Å². The van der Waals surface area contributed by atoms with Crippen molar-refractivity contribution in [1.82, 2.24) is 0 Å². The Labute approximate surface area is 125 Å². The van der Waals surface area contributed by atoms with Gasteiger partial charge in [0.2, 0.25) is 5.60 Å². The van der Waals surface area contributed by atoms with Crippen molar-refractivity contribution in [2.75, 3.05) is 19.0 Å². The lowest BCUT2D eigenvalue weighted by Crippen LogP contribution is -2.44. The Morgan fingerprint density at radius 2 is 1.59 bits per heavy atom. The van der Waals surface area contributed by atoms with Crippen LogP contribution in [0.5, 0.6) is 0 Å². The van der Waals surface area contributed by atoms with Gasteiger partial charge in [-0.2, -0.15) is 13.2 Å². The molecule has 1 N–H and O–H groups in total. The fourth-order valence-corrected chi connectivity index (χ4v) is 2.35. The van der Waals surface area contributed by atoms with E-state index in [1.807, 2.05) is 0 Å². The maximum absolute atomic E-state index is 13.7. The number of alkyl halides is 3. The van der Waals surface area contributed by atoms with Gasteiger partial charge < -0.3 is 10.0 Å². The largest absolute Gasteiger partial charge is 0.425 e. The molecule has 2 aromatic carbocycles. The van der Waals surface area contributed by atoms with Gasteiger partial charge in [0.25, 0.3) is 0 Å². The Hall–Kier alpha value is -2.08. The Kier molecular flexibility index (Phi) is 4.15. The third-order valence-electron chi connectivity index (χ3n) is 3.43. The van der Waals surface area contributed by atoms with Crippen LogP contribution in [0, 0.1) is 5.82 Å². The zero-order valence-corrected chi connectivity index (χ0v) is 12.0. The lowest BCUT2D eigenvalue weighted by atomic mass is 9.84. The molecule has 1 unspecified atom stereocenters. The van der Waals surface area contributed by atoms with E-state index >= 15 is 0 Å². The summed E-state index contributed by atoms with van der Waals surface area (Å²) in [6.07, 6.45) is -5.01. The first kappa shape index (κ1) is 16.3. The number of nitrogens with zero attached hydrogens (tertiary/aromatic N) is 1. The van der Waals surface area contributed by atoms with Crippen LogP contribution in [0.1, 0.15) is 11.1 Å². The van der Waals surface area contributed by atoms with Crippen LogP contribution >= 0.6 is 0 Å². The maximum atomic E-state index is 13.7. The zero-order valence-electron chi connectivity index (χ0n) is 12.0. The minimum absolute atomic E-state index is 0.201. The Morgan fingerprint density at radius 3 is 2.14 bits per heavy atom. The van der Waals surface area contributed by atoms with Crippen molar-refractivity contribution in [1.29, 1.82) is 0 Å². The first-order valence-electron chi connectivity index (χ1n) is 6.50. The molecule has 0 aromatic heterocycles. The second-order valence-corrected chi connectivity index (χ2v) is 5.13. The highest BCUT2D eigenvalue weighted by Crippen LogP contribution is 2.47. The minimum atomic E-state index is -5.01. The van der Waals surface area contributed by atoms with Crippen LogP contribution in [0.2, 0.25) is 0 Å². The average molecular weight is 313 g/mol. The molecule has 6 heteroatoms. The van der Waals surface area contributed by atoms with Crippen LogP contribution in [-0.4, -0.2) is 25.4 Å². The zero-order chi connectivity index (χ0) is 16.5. The minimum Gasteiger partial charge on any atom is -0.377 e. The molecule has 118 valence electrons. The summed E-state index contributed by atoms with van der Waals surface area (Å²) in [5, 5.41) is 10.5. The Bertz CT molecular complexity index is 669. The van der Waals surface area contributed by atoms with Gasteiger partial charge in [-0.15, -0.1) is 0 Å². The van der Waals surface area contributed by atoms with E-state index in [2.05, 4.69) is 0 Å². The van der Waals surface area contributed by atoms with Crippen molar-refractivity contribution in [2.45, 2.75) is 11.8 Å². The lowest BCUT2D eigenvalue weighted by molar-refractivity contribution is -0.248. The summed E-state index contributed by atoms with van der Waals surface area (Å²) < 4.78 is 54.4. The van der Waals surface area contributed by atoms with E-state index in [4.69, 9.17) is 0 Å². The third-order valence-corrected chi connectivity index (χ3v) is 3.43. The summed E-state index contributed by atoms with van der Waals surface area (Å²) in [7, 11) is 3.14. The Balaban J connectivity index is 2.77. The first-order valence-corrected chi connectivity index (χ1v) is 6.50. The number of aliphatic hydroxyl groups is 1. The van der Waals surface area contributed by atoms with Gasteiger partial charge in [0.1, 0.15) is 5.82 Å². The Morgan fingerprint density at radius 1 is 0.955 bits per heavy atom. The monoisotopic (exact) mass is 313 g/mol. The van der Waals surface area contributed by atoms with E-state index in [1.54, 1.807) is 20.2 Å². The van der Waals surface area contributed by atoms with E-state index in [0.29, 0.717) is 6.07 Å². The number of benzene rings is 2. The maximum Gasteiger partial charge on any atom is 0.425 e. The molecule has 0 aliphatic rings. The van der Waals surface area contributed by atoms with Crippen LogP contribution in [0.3, 0.4) is 0 Å². The molecule has 0 aliphatic carbocycles. The molecule has 2 aromatic rings. The molecule has 0 aliphatic heterocycles. The summed E-state index contributed by atoms with van der Waals surface area (Å²) in [4.78, 5) is 1.46. The number of halogens is 4. The van der Waals surface area contributed by atoms with Gasteiger partial charge in [-0.1, -0.05) is 30.3 Å². The predicted molar refractivity (Wildman–Crippen MR) is 76.2 cm³/mol. The van der Waals surface area contributed by atoms with E-state index in [0.717, 1.165) is 18.2 Å². The van der Waals surface area contributed by atoms with E-state index in [-0.39, 0.29) is 11.3 Å². The van der Waals surface area contributed by atoms with Gasteiger partial charge in [0, 0.05) is 30.9 Å². The average Bonchev–Trinajstić information content (AvgIpc) is 2.45. The molecule has 0 heterocycles. The van der Waals surface area contributed by atoms with Crippen molar-refractivity contribution in [3.63, 3.8) is 0 Å². The highest BCUT2D eigenvalue weighted by Gasteiger charge is 2.57. The van der Waals surface area contributed by atoms with E-state index in [1.165, 1.54) is 23.1 Å².